The van der Waals surface area contributed by atoms with Crippen molar-refractivity contribution in [1.82, 2.24) is 14.7 Å². The molecule has 0 aliphatic heterocycles. The molecular formula is C9H13F2N3O2. The first-order valence-electron chi connectivity index (χ1n) is 4.71. The van der Waals surface area contributed by atoms with Gasteiger partial charge in [0.15, 0.2) is 0 Å². The van der Waals surface area contributed by atoms with Crippen LogP contribution in [-0.2, 0) is 7.05 Å². The minimum atomic E-state index is -2.62. The number of hydrogen-bond acceptors (Lipinski definition) is 3. The van der Waals surface area contributed by atoms with Gasteiger partial charge in [-0.1, -0.05) is 0 Å². The molecule has 1 heterocycles. The van der Waals surface area contributed by atoms with Crippen molar-refractivity contribution in [2.24, 2.45) is 7.05 Å². The van der Waals surface area contributed by atoms with Crippen molar-refractivity contribution in [2.75, 3.05) is 19.7 Å². The highest BCUT2D eigenvalue weighted by molar-refractivity contribution is 5.93. The van der Waals surface area contributed by atoms with Gasteiger partial charge < -0.3 is 10.0 Å². The van der Waals surface area contributed by atoms with E-state index < -0.39 is 18.9 Å². The summed E-state index contributed by atoms with van der Waals surface area (Å²) in [6.45, 7) is -1.15. The fourth-order valence-electron chi connectivity index (χ4n) is 1.28. The number of amides is 1. The van der Waals surface area contributed by atoms with Crippen LogP contribution in [0, 0.1) is 0 Å². The van der Waals surface area contributed by atoms with Gasteiger partial charge in [-0.25, -0.2) is 8.78 Å². The Balaban J connectivity index is 2.74. The second-order valence-corrected chi connectivity index (χ2v) is 3.27. The predicted octanol–water partition coefficient (Wildman–Crippen LogP) is 0.120. The lowest BCUT2D eigenvalue weighted by atomic mass is 10.3. The summed E-state index contributed by atoms with van der Waals surface area (Å²) in [7, 11) is 1.63. The molecule has 1 aromatic rings. The third-order valence-electron chi connectivity index (χ3n) is 1.97. The zero-order valence-corrected chi connectivity index (χ0v) is 8.81. The van der Waals surface area contributed by atoms with E-state index in [9.17, 15) is 13.6 Å². The molecule has 0 aliphatic rings. The fourth-order valence-corrected chi connectivity index (χ4v) is 1.28. The number of rotatable bonds is 5. The molecule has 5 nitrogen and oxygen atoms in total. The monoisotopic (exact) mass is 233 g/mol. The third kappa shape index (κ3) is 3.27. The molecule has 0 unspecified atom stereocenters. The Labute approximate surface area is 91.3 Å². The second kappa shape index (κ2) is 5.55. The molecule has 0 saturated heterocycles. The number of nitrogens with zero attached hydrogens (tertiary/aromatic N) is 3. The number of aromatic nitrogens is 2. The van der Waals surface area contributed by atoms with Crippen molar-refractivity contribution < 1.29 is 18.7 Å². The number of aryl methyl sites for hydroxylation is 1. The number of halogens is 2. The Bertz CT molecular complexity index is 354. The lowest BCUT2D eigenvalue weighted by Crippen LogP contribution is -2.37. The largest absolute Gasteiger partial charge is 0.395 e. The maximum absolute atomic E-state index is 12.2. The smallest absolute Gasteiger partial charge is 0.257 e. The third-order valence-corrected chi connectivity index (χ3v) is 1.97. The lowest BCUT2D eigenvalue weighted by molar-refractivity contribution is 0.0509. The average molecular weight is 233 g/mol. The Morgan fingerprint density at radius 1 is 1.69 bits per heavy atom. The minimum absolute atomic E-state index is 0.113. The Kier molecular flexibility index (Phi) is 4.36. The molecule has 7 heteroatoms. The molecule has 0 saturated carbocycles. The number of carbonyl (C=O) groups is 1. The van der Waals surface area contributed by atoms with Crippen molar-refractivity contribution in [3.8, 4) is 0 Å². The molecule has 0 aliphatic carbocycles. The SMILES string of the molecule is Cn1cc(C(=O)N(CCO)CC(F)F)cn1. The summed E-state index contributed by atoms with van der Waals surface area (Å²) in [5.74, 6) is -0.553. The second-order valence-electron chi connectivity index (χ2n) is 3.27. The Morgan fingerprint density at radius 2 is 2.38 bits per heavy atom. The van der Waals surface area contributed by atoms with Crippen LogP contribution in [0.25, 0.3) is 0 Å². The zero-order valence-electron chi connectivity index (χ0n) is 8.81. The van der Waals surface area contributed by atoms with Crippen LogP contribution in [-0.4, -0.2) is 51.8 Å². The van der Waals surface area contributed by atoms with Gasteiger partial charge in [0.1, 0.15) is 0 Å². The molecular weight excluding hydrogens is 220 g/mol. The first-order valence-corrected chi connectivity index (χ1v) is 4.71. The summed E-state index contributed by atoms with van der Waals surface area (Å²) in [4.78, 5) is 12.6. The highest BCUT2D eigenvalue weighted by Gasteiger charge is 2.20. The first-order chi connectivity index (χ1) is 7.54. The van der Waals surface area contributed by atoms with Gasteiger partial charge in [0.05, 0.1) is 24.9 Å². The molecule has 1 amide bonds. The molecule has 16 heavy (non-hydrogen) atoms. The number of alkyl halides is 2. The van der Waals surface area contributed by atoms with E-state index in [4.69, 9.17) is 5.11 Å². The molecule has 0 fully saturated rings. The highest BCUT2D eigenvalue weighted by atomic mass is 19.3. The standard InChI is InChI=1S/C9H13F2N3O2/c1-13-5-7(4-12-13)9(16)14(2-3-15)6-8(10)11/h4-5,8,15H,2-3,6H2,1H3. The maximum atomic E-state index is 12.2. The van der Waals surface area contributed by atoms with Crippen LogP contribution in [0.3, 0.4) is 0 Å². The van der Waals surface area contributed by atoms with Crippen molar-refractivity contribution >= 4 is 5.91 Å². The van der Waals surface area contributed by atoms with Crippen molar-refractivity contribution in [3.63, 3.8) is 0 Å². The number of aliphatic hydroxyl groups is 1. The lowest BCUT2D eigenvalue weighted by Gasteiger charge is -2.20. The molecule has 90 valence electrons. The van der Waals surface area contributed by atoms with Gasteiger partial charge in [0, 0.05) is 19.8 Å². The van der Waals surface area contributed by atoms with Gasteiger partial charge in [-0.2, -0.15) is 5.10 Å². The summed E-state index contributed by atoms with van der Waals surface area (Å²) in [5.41, 5.74) is 0.233. The molecule has 0 aromatic carbocycles. The van der Waals surface area contributed by atoms with Crippen LogP contribution in [0.1, 0.15) is 10.4 Å². The van der Waals surface area contributed by atoms with Crippen LogP contribution in [0.5, 0.6) is 0 Å². The molecule has 0 radical (unpaired) electrons. The summed E-state index contributed by atoms with van der Waals surface area (Å²) >= 11 is 0. The highest BCUT2D eigenvalue weighted by Crippen LogP contribution is 2.06. The van der Waals surface area contributed by atoms with E-state index in [2.05, 4.69) is 5.10 Å². The number of carbonyl (C=O) groups excluding carboxylic acids is 1. The van der Waals surface area contributed by atoms with E-state index in [0.717, 1.165) is 4.90 Å². The minimum Gasteiger partial charge on any atom is -0.395 e. The van der Waals surface area contributed by atoms with E-state index in [0.29, 0.717) is 0 Å². The predicted molar refractivity (Wildman–Crippen MR) is 52.2 cm³/mol. The quantitative estimate of drug-likeness (QED) is 0.785. The van der Waals surface area contributed by atoms with Crippen molar-refractivity contribution in [2.45, 2.75) is 6.43 Å². The zero-order chi connectivity index (χ0) is 12.1. The van der Waals surface area contributed by atoms with E-state index in [1.807, 2.05) is 0 Å². The molecule has 1 rings (SSSR count). The van der Waals surface area contributed by atoms with Crippen LogP contribution in [0.2, 0.25) is 0 Å². The number of hydrogen-bond donors (Lipinski definition) is 1. The Hall–Kier alpha value is -1.50. The van der Waals surface area contributed by atoms with Gasteiger partial charge in [-0.3, -0.25) is 9.48 Å². The molecule has 0 bridgehead atoms. The van der Waals surface area contributed by atoms with Gasteiger partial charge in [0.2, 0.25) is 0 Å². The van der Waals surface area contributed by atoms with Crippen molar-refractivity contribution in [3.05, 3.63) is 18.0 Å². The normalized spacial score (nSPS) is 10.8. The van der Waals surface area contributed by atoms with Crippen LogP contribution >= 0.6 is 0 Å². The molecule has 1 N–H and O–H groups in total. The topological polar surface area (TPSA) is 58.4 Å². The van der Waals surface area contributed by atoms with E-state index in [1.165, 1.54) is 17.1 Å². The average Bonchev–Trinajstić information content (AvgIpc) is 2.62. The van der Waals surface area contributed by atoms with Gasteiger partial charge in [-0.15, -0.1) is 0 Å². The van der Waals surface area contributed by atoms with Crippen LogP contribution < -0.4 is 0 Å². The Morgan fingerprint density at radius 3 is 2.81 bits per heavy atom. The van der Waals surface area contributed by atoms with E-state index >= 15 is 0 Å². The van der Waals surface area contributed by atoms with Gasteiger partial charge >= 0.3 is 0 Å². The van der Waals surface area contributed by atoms with Gasteiger partial charge in [0.25, 0.3) is 12.3 Å². The van der Waals surface area contributed by atoms with E-state index in [-0.39, 0.29) is 18.7 Å². The molecule has 1 aromatic heterocycles. The van der Waals surface area contributed by atoms with Crippen LogP contribution in [0.4, 0.5) is 8.78 Å². The first kappa shape index (κ1) is 12.6. The maximum Gasteiger partial charge on any atom is 0.257 e. The summed E-state index contributed by atoms with van der Waals surface area (Å²) in [5, 5.41) is 12.5. The van der Waals surface area contributed by atoms with Crippen LogP contribution in [0.15, 0.2) is 12.4 Å². The fraction of sp³-hybridized carbons (Fsp3) is 0.556. The van der Waals surface area contributed by atoms with Gasteiger partial charge in [-0.05, 0) is 0 Å². The molecule has 0 atom stereocenters. The molecule has 0 spiro atoms. The summed E-state index contributed by atoms with van der Waals surface area (Å²) in [6, 6.07) is 0. The summed E-state index contributed by atoms with van der Waals surface area (Å²) < 4.78 is 25.8. The van der Waals surface area contributed by atoms with E-state index in [1.54, 1.807) is 7.05 Å². The van der Waals surface area contributed by atoms with Crippen molar-refractivity contribution in [1.29, 1.82) is 0 Å². The summed E-state index contributed by atoms with van der Waals surface area (Å²) in [6.07, 6.45) is 0.128. The number of aliphatic hydroxyl groups excluding tert-OH is 1.